The average Bonchev–Trinajstić information content (AvgIpc) is 3.01. The van der Waals surface area contributed by atoms with Gasteiger partial charge in [0.2, 0.25) is 5.91 Å². The summed E-state index contributed by atoms with van der Waals surface area (Å²) in [6.45, 7) is 4.80. The van der Waals surface area contributed by atoms with Crippen molar-refractivity contribution in [3.63, 3.8) is 0 Å². The van der Waals surface area contributed by atoms with Crippen molar-refractivity contribution in [3.8, 4) is 11.5 Å². The van der Waals surface area contributed by atoms with Crippen LogP contribution in [0, 0.1) is 5.92 Å². The van der Waals surface area contributed by atoms with Gasteiger partial charge in [-0.3, -0.25) is 4.79 Å². The zero-order chi connectivity index (χ0) is 17.5. The monoisotopic (exact) mass is 370 g/mol. The summed E-state index contributed by atoms with van der Waals surface area (Å²) in [5.74, 6) is 1.58. The fraction of sp³-hybridized carbons (Fsp3) is 0.632. The molecule has 1 fully saturated rings. The van der Waals surface area contributed by atoms with Crippen LogP contribution >= 0.6 is 12.4 Å². The van der Waals surface area contributed by atoms with Gasteiger partial charge in [0.1, 0.15) is 0 Å². The van der Waals surface area contributed by atoms with Gasteiger partial charge in [0.15, 0.2) is 11.5 Å². The zero-order valence-corrected chi connectivity index (χ0v) is 16.2. The summed E-state index contributed by atoms with van der Waals surface area (Å²) >= 11 is 0. The quantitative estimate of drug-likeness (QED) is 0.685. The third kappa shape index (κ3) is 6.08. The van der Waals surface area contributed by atoms with Crippen molar-refractivity contribution in [2.24, 2.45) is 11.7 Å². The Kier molecular flexibility index (Phi) is 9.08. The van der Waals surface area contributed by atoms with Gasteiger partial charge in [0, 0.05) is 12.0 Å². The van der Waals surface area contributed by atoms with Crippen LogP contribution in [0.5, 0.6) is 11.5 Å². The summed E-state index contributed by atoms with van der Waals surface area (Å²) < 4.78 is 11.2. The van der Waals surface area contributed by atoms with E-state index in [0.29, 0.717) is 12.4 Å². The SMILES string of the molecule is CCCCOc1ccc(C(C)NC(=O)C2CCC(N)C2)cc1OC.Cl. The highest BCUT2D eigenvalue weighted by molar-refractivity contribution is 5.85. The minimum Gasteiger partial charge on any atom is -0.493 e. The standard InChI is InChI=1S/C19H30N2O3.ClH/c1-4-5-10-24-17-9-7-14(12-18(17)23-3)13(2)21-19(22)15-6-8-16(20)11-15;/h7,9,12-13,15-16H,4-6,8,10-11,20H2,1-3H3,(H,21,22);1H. The highest BCUT2D eigenvalue weighted by Gasteiger charge is 2.28. The third-order valence-corrected chi connectivity index (χ3v) is 4.65. The zero-order valence-electron chi connectivity index (χ0n) is 15.4. The molecule has 1 aromatic rings. The molecule has 2 rings (SSSR count). The Bertz CT molecular complexity index is 553. The van der Waals surface area contributed by atoms with Crippen molar-refractivity contribution >= 4 is 18.3 Å². The number of carbonyl (C=O) groups is 1. The molecule has 1 aromatic carbocycles. The molecule has 0 saturated heterocycles. The van der Waals surface area contributed by atoms with E-state index >= 15 is 0 Å². The fourth-order valence-corrected chi connectivity index (χ4v) is 3.07. The summed E-state index contributed by atoms with van der Waals surface area (Å²) in [6, 6.07) is 5.92. The predicted molar refractivity (Wildman–Crippen MR) is 103 cm³/mol. The Hall–Kier alpha value is -1.46. The largest absolute Gasteiger partial charge is 0.493 e. The number of nitrogens with one attached hydrogen (secondary N) is 1. The van der Waals surface area contributed by atoms with Crippen molar-refractivity contribution in [3.05, 3.63) is 23.8 Å². The molecular formula is C19H31ClN2O3. The number of amides is 1. The summed E-state index contributed by atoms with van der Waals surface area (Å²) in [7, 11) is 1.63. The number of benzene rings is 1. The molecule has 25 heavy (non-hydrogen) atoms. The van der Waals surface area contributed by atoms with Crippen LogP contribution in [0.1, 0.15) is 57.6 Å². The van der Waals surface area contributed by atoms with Crippen molar-refractivity contribution in [2.75, 3.05) is 13.7 Å². The van der Waals surface area contributed by atoms with Crippen molar-refractivity contribution in [2.45, 2.75) is 58.0 Å². The van der Waals surface area contributed by atoms with E-state index in [1.807, 2.05) is 25.1 Å². The molecule has 1 aliphatic rings. The summed E-state index contributed by atoms with van der Waals surface area (Å²) in [6.07, 6.45) is 4.71. The number of halogens is 1. The second kappa shape index (κ2) is 10.5. The van der Waals surface area contributed by atoms with E-state index in [1.54, 1.807) is 7.11 Å². The van der Waals surface area contributed by atoms with E-state index in [1.165, 1.54) is 0 Å². The van der Waals surface area contributed by atoms with Crippen molar-refractivity contribution in [1.29, 1.82) is 0 Å². The van der Waals surface area contributed by atoms with E-state index in [0.717, 1.165) is 43.4 Å². The Morgan fingerprint density at radius 1 is 1.36 bits per heavy atom. The first kappa shape index (κ1) is 21.6. The molecule has 3 N–H and O–H groups in total. The van der Waals surface area contributed by atoms with Crippen LogP contribution in [-0.4, -0.2) is 25.7 Å². The van der Waals surface area contributed by atoms with E-state index in [4.69, 9.17) is 15.2 Å². The lowest BCUT2D eigenvalue weighted by atomic mass is 10.0. The predicted octanol–water partition coefficient (Wildman–Crippen LogP) is 3.60. The molecule has 3 atom stereocenters. The summed E-state index contributed by atoms with van der Waals surface area (Å²) in [5.41, 5.74) is 6.90. The van der Waals surface area contributed by atoms with Gasteiger partial charge in [-0.2, -0.15) is 0 Å². The number of nitrogens with two attached hydrogens (primary N) is 1. The van der Waals surface area contributed by atoms with Crippen LogP contribution in [0.3, 0.4) is 0 Å². The minimum atomic E-state index is -0.0760. The van der Waals surface area contributed by atoms with E-state index in [-0.39, 0.29) is 36.3 Å². The molecule has 1 aliphatic carbocycles. The van der Waals surface area contributed by atoms with E-state index in [9.17, 15) is 4.79 Å². The maximum absolute atomic E-state index is 12.3. The van der Waals surface area contributed by atoms with Crippen LogP contribution in [0.15, 0.2) is 18.2 Å². The minimum absolute atomic E-state index is 0. The number of unbranched alkanes of at least 4 members (excludes halogenated alkanes) is 1. The molecule has 5 nitrogen and oxygen atoms in total. The lowest BCUT2D eigenvalue weighted by molar-refractivity contribution is -0.125. The van der Waals surface area contributed by atoms with Gasteiger partial charge in [-0.15, -0.1) is 12.4 Å². The number of hydrogen-bond donors (Lipinski definition) is 2. The van der Waals surface area contributed by atoms with Gasteiger partial charge in [-0.1, -0.05) is 19.4 Å². The maximum Gasteiger partial charge on any atom is 0.223 e. The third-order valence-electron chi connectivity index (χ3n) is 4.65. The molecule has 6 heteroatoms. The van der Waals surface area contributed by atoms with Gasteiger partial charge >= 0.3 is 0 Å². The number of hydrogen-bond acceptors (Lipinski definition) is 4. The molecule has 0 radical (unpaired) electrons. The molecule has 0 aliphatic heterocycles. The summed E-state index contributed by atoms with van der Waals surface area (Å²) in [4.78, 5) is 12.3. The second-order valence-corrected chi connectivity index (χ2v) is 6.61. The lowest BCUT2D eigenvalue weighted by Crippen LogP contribution is -2.32. The number of rotatable bonds is 8. The molecule has 0 aromatic heterocycles. The second-order valence-electron chi connectivity index (χ2n) is 6.61. The first-order valence-electron chi connectivity index (χ1n) is 8.91. The highest BCUT2D eigenvalue weighted by Crippen LogP contribution is 2.31. The van der Waals surface area contributed by atoms with Gasteiger partial charge in [0.05, 0.1) is 19.8 Å². The average molecular weight is 371 g/mol. The van der Waals surface area contributed by atoms with E-state index in [2.05, 4.69) is 12.2 Å². The topological polar surface area (TPSA) is 73.6 Å². The highest BCUT2D eigenvalue weighted by atomic mass is 35.5. The smallest absolute Gasteiger partial charge is 0.223 e. The lowest BCUT2D eigenvalue weighted by Gasteiger charge is -2.19. The molecule has 3 unspecified atom stereocenters. The van der Waals surface area contributed by atoms with Crippen molar-refractivity contribution in [1.82, 2.24) is 5.32 Å². The molecule has 142 valence electrons. The maximum atomic E-state index is 12.3. The van der Waals surface area contributed by atoms with E-state index < -0.39 is 0 Å². The fourth-order valence-electron chi connectivity index (χ4n) is 3.07. The van der Waals surface area contributed by atoms with Crippen LogP contribution in [0.4, 0.5) is 0 Å². The first-order valence-corrected chi connectivity index (χ1v) is 8.91. The number of ether oxygens (including phenoxy) is 2. The molecule has 0 spiro atoms. The van der Waals surface area contributed by atoms with Gasteiger partial charge in [-0.05, 0) is 50.3 Å². The number of carbonyl (C=O) groups excluding carboxylic acids is 1. The molecule has 1 amide bonds. The van der Waals surface area contributed by atoms with Crippen molar-refractivity contribution < 1.29 is 14.3 Å². The Balaban J connectivity index is 0.00000312. The van der Waals surface area contributed by atoms with Crippen LogP contribution < -0.4 is 20.5 Å². The number of methoxy groups -OCH3 is 1. The van der Waals surface area contributed by atoms with Gasteiger partial charge < -0.3 is 20.5 Å². The Morgan fingerprint density at radius 2 is 2.12 bits per heavy atom. The van der Waals surface area contributed by atoms with Crippen LogP contribution in [0.2, 0.25) is 0 Å². The Labute approximate surface area is 157 Å². The molecule has 1 saturated carbocycles. The molecule has 0 bridgehead atoms. The Morgan fingerprint density at radius 3 is 2.72 bits per heavy atom. The molecular weight excluding hydrogens is 340 g/mol. The summed E-state index contributed by atoms with van der Waals surface area (Å²) in [5, 5.41) is 3.09. The van der Waals surface area contributed by atoms with Crippen LogP contribution in [-0.2, 0) is 4.79 Å². The van der Waals surface area contributed by atoms with Crippen LogP contribution in [0.25, 0.3) is 0 Å². The van der Waals surface area contributed by atoms with Gasteiger partial charge in [0.25, 0.3) is 0 Å². The first-order chi connectivity index (χ1) is 11.5. The van der Waals surface area contributed by atoms with Gasteiger partial charge in [-0.25, -0.2) is 0 Å². The molecule has 0 heterocycles. The normalized spacial score (nSPS) is 20.5.